The van der Waals surface area contributed by atoms with E-state index in [1.54, 1.807) is 35.2 Å². The van der Waals surface area contributed by atoms with Crippen LogP contribution < -0.4 is 10.0 Å². The van der Waals surface area contributed by atoms with Gasteiger partial charge in [-0.2, -0.15) is 4.72 Å². The van der Waals surface area contributed by atoms with Crippen molar-refractivity contribution in [3.63, 3.8) is 0 Å². The average Bonchev–Trinajstić information content (AvgIpc) is 3.53. The number of piperidine rings is 1. The van der Waals surface area contributed by atoms with Crippen LogP contribution in [0.1, 0.15) is 40.9 Å². The predicted octanol–water partition coefficient (Wildman–Crippen LogP) is 2.22. The smallest absolute Gasteiger partial charge is 0.251 e. The van der Waals surface area contributed by atoms with E-state index in [0.717, 1.165) is 24.2 Å². The molecule has 188 valence electrons. The molecule has 2 fully saturated rings. The van der Waals surface area contributed by atoms with E-state index in [-0.39, 0.29) is 35.0 Å². The quantitative estimate of drug-likeness (QED) is 0.534. The zero-order valence-corrected chi connectivity index (χ0v) is 21.4. The van der Waals surface area contributed by atoms with Gasteiger partial charge in [0, 0.05) is 35.1 Å². The minimum absolute atomic E-state index is 0.0203. The molecule has 2 N–H and O–H groups in total. The van der Waals surface area contributed by atoms with E-state index < -0.39 is 16.1 Å². The van der Waals surface area contributed by atoms with E-state index in [2.05, 4.69) is 10.0 Å². The third kappa shape index (κ3) is 6.40. The number of carbonyl (C=O) groups is 3. The molecule has 4 rings (SSSR count). The molecule has 12 heteroatoms. The fourth-order valence-corrected chi connectivity index (χ4v) is 6.81. The summed E-state index contributed by atoms with van der Waals surface area (Å²) in [5, 5.41) is 3.28. The van der Waals surface area contributed by atoms with Crippen molar-refractivity contribution in [2.45, 2.75) is 42.5 Å². The van der Waals surface area contributed by atoms with Gasteiger partial charge >= 0.3 is 0 Å². The topological polar surface area (TPSA) is 116 Å². The number of sulfonamides is 1. The Labute approximate surface area is 213 Å². The molecule has 2 aliphatic heterocycles. The molecule has 1 aromatic carbocycles. The molecule has 3 amide bonds. The first-order valence-electron chi connectivity index (χ1n) is 11.4. The van der Waals surface area contributed by atoms with E-state index in [1.807, 2.05) is 0 Å². The summed E-state index contributed by atoms with van der Waals surface area (Å²) < 4.78 is 28.5. The van der Waals surface area contributed by atoms with Crippen LogP contribution in [0.4, 0.5) is 0 Å². The van der Waals surface area contributed by atoms with Gasteiger partial charge in [-0.25, -0.2) is 8.42 Å². The second-order valence-corrected chi connectivity index (χ2v) is 12.1. The number of thiophene rings is 1. The summed E-state index contributed by atoms with van der Waals surface area (Å²) in [7, 11) is -3.94. The highest BCUT2D eigenvalue weighted by Gasteiger charge is 2.34. The predicted molar refractivity (Wildman–Crippen MR) is 133 cm³/mol. The highest BCUT2D eigenvalue weighted by Crippen LogP contribution is 2.23. The van der Waals surface area contributed by atoms with E-state index >= 15 is 0 Å². The van der Waals surface area contributed by atoms with Crippen molar-refractivity contribution in [3.05, 3.63) is 51.9 Å². The third-order valence-corrected chi connectivity index (χ3v) is 9.35. The van der Waals surface area contributed by atoms with Crippen molar-refractivity contribution in [2.75, 3.05) is 26.2 Å². The van der Waals surface area contributed by atoms with Crippen molar-refractivity contribution in [1.82, 2.24) is 19.8 Å². The molecule has 3 heterocycles. The number of carbonyl (C=O) groups excluding carboxylic acids is 3. The molecule has 2 aliphatic rings. The van der Waals surface area contributed by atoms with Gasteiger partial charge in [0.1, 0.15) is 10.3 Å². The first-order valence-corrected chi connectivity index (χ1v) is 14.1. The van der Waals surface area contributed by atoms with Crippen LogP contribution in [0.15, 0.2) is 40.6 Å². The summed E-state index contributed by atoms with van der Waals surface area (Å²) >= 11 is 6.86. The lowest BCUT2D eigenvalue weighted by molar-refractivity contribution is -0.142. The molecule has 0 saturated carbocycles. The van der Waals surface area contributed by atoms with Crippen LogP contribution >= 0.6 is 22.9 Å². The number of rotatable bonds is 8. The molecule has 1 unspecified atom stereocenters. The van der Waals surface area contributed by atoms with Crippen molar-refractivity contribution >= 4 is 50.7 Å². The van der Waals surface area contributed by atoms with Crippen LogP contribution in [-0.4, -0.2) is 68.2 Å². The lowest BCUT2D eigenvalue weighted by Crippen LogP contribution is -2.54. The Morgan fingerprint density at radius 3 is 2.46 bits per heavy atom. The molecule has 2 aromatic rings. The maximum atomic E-state index is 12.9. The summed E-state index contributed by atoms with van der Waals surface area (Å²) in [5.74, 6) is -0.767. The minimum Gasteiger partial charge on any atom is -0.347 e. The summed E-state index contributed by atoms with van der Waals surface area (Å²) in [6.07, 6.45) is 2.92. The van der Waals surface area contributed by atoms with Crippen LogP contribution in [0.3, 0.4) is 0 Å². The average molecular weight is 539 g/mol. The molecule has 0 aliphatic carbocycles. The summed E-state index contributed by atoms with van der Waals surface area (Å²) in [5.41, 5.74) is 0.448. The maximum absolute atomic E-state index is 12.9. The molecule has 1 atom stereocenters. The van der Waals surface area contributed by atoms with Crippen molar-refractivity contribution < 1.29 is 22.8 Å². The van der Waals surface area contributed by atoms with E-state index in [0.29, 0.717) is 47.9 Å². The van der Waals surface area contributed by atoms with Gasteiger partial charge in [0.25, 0.3) is 15.9 Å². The molecule has 9 nitrogen and oxygen atoms in total. The number of nitrogens with zero attached hydrogens (tertiary/aromatic N) is 2. The lowest BCUT2D eigenvalue weighted by atomic mass is 10.1. The van der Waals surface area contributed by atoms with Gasteiger partial charge in [0.05, 0.1) is 13.1 Å². The Morgan fingerprint density at radius 1 is 1.03 bits per heavy atom. The van der Waals surface area contributed by atoms with Gasteiger partial charge in [-0.05, 0) is 62.1 Å². The molecular formula is C23H27ClN4O5S2. The summed E-state index contributed by atoms with van der Waals surface area (Å²) in [6, 6.07) is 8.63. The number of benzene rings is 1. The zero-order valence-electron chi connectivity index (χ0n) is 19.0. The van der Waals surface area contributed by atoms with Gasteiger partial charge < -0.3 is 15.1 Å². The highest BCUT2D eigenvalue weighted by molar-refractivity contribution is 7.91. The van der Waals surface area contributed by atoms with E-state index in [9.17, 15) is 22.8 Å². The van der Waals surface area contributed by atoms with Crippen LogP contribution in [0.25, 0.3) is 0 Å². The van der Waals surface area contributed by atoms with E-state index in [1.165, 1.54) is 11.0 Å². The summed E-state index contributed by atoms with van der Waals surface area (Å²) in [6.45, 7) is 1.99. The number of hydrogen-bond acceptors (Lipinski definition) is 6. The molecule has 0 radical (unpaired) electrons. The molecule has 0 spiro atoms. The Kier molecular flexibility index (Phi) is 8.10. The highest BCUT2D eigenvalue weighted by atomic mass is 35.5. The molecule has 1 aromatic heterocycles. The number of amides is 3. The largest absolute Gasteiger partial charge is 0.347 e. The first-order chi connectivity index (χ1) is 16.7. The third-order valence-electron chi connectivity index (χ3n) is 6.04. The van der Waals surface area contributed by atoms with Crippen molar-refractivity contribution in [2.24, 2.45) is 0 Å². The van der Waals surface area contributed by atoms with Gasteiger partial charge in [0.2, 0.25) is 11.8 Å². The SMILES string of the molecule is O=C(NCc1ccc(S(=O)(=O)NC2CCCN(CC(=O)N3CCCC3)C2=O)s1)c1ccc(Cl)cc1. The Balaban J connectivity index is 1.33. The van der Waals surface area contributed by atoms with Crippen LogP contribution in [0.2, 0.25) is 5.02 Å². The van der Waals surface area contributed by atoms with Gasteiger partial charge in [0.15, 0.2) is 0 Å². The zero-order chi connectivity index (χ0) is 25.0. The van der Waals surface area contributed by atoms with Gasteiger partial charge in [-0.1, -0.05) is 11.6 Å². The van der Waals surface area contributed by atoms with Gasteiger partial charge in [-0.15, -0.1) is 11.3 Å². The monoisotopic (exact) mass is 538 g/mol. The number of halogens is 1. The Hall–Kier alpha value is -2.47. The first kappa shape index (κ1) is 25.6. The fraction of sp³-hybridized carbons (Fsp3) is 0.435. The second-order valence-electron chi connectivity index (χ2n) is 8.57. The molecular weight excluding hydrogens is 512 g/mol. The normalized spacial score (nSPS) is 18.7. The van der Waals surface area contributed by atoms with Gasteiger partial charge in [-0.3, -0.25) is 14.4 Å². The van der Waals surface area contributed by atoms with Crippen LogP contribution in [0, 0.1) is 0 Å². The summed E-state index contributed by atoms with van der Waals surface area (Å²) in [4.78, 5) is 41.5. The maximum Gasteiger partial charge on any atom is 0.251 e. The fourth-order valence-electron chi connectivity index (χ4n) is 4.15. The van der Waals surface area contributed by atoms with Crippen molar-refractivity contribution in [1.29, 1.82) is 0 Å². The van der Waals surface area contributed by atoms with Crippen molar-refractivity contribution in [3.8, 4) is 0 Å². The Morgan fingerprint density at radius 2 is 1.74 bits per heavy atom. The number of likely N-dealkylation sites (tertiary alicyclic amines) is 2. The van der Waals surface area contributed by atoms with E-state index in [4.69, 9.17) is 11.6 Å². The second kappa shape index (κ2) is 11.1. The molecule has 0 bridgehead atoms. The number of nitrogens with one attached hydrogen (secondary N) is 2. The number of hydrogen-bond donors (Lipinski definition) is 2. The minimum atomic E-state index is -3.94. The standard InChI is InChI=1S/C23H27ClN4O5S2/c24-17-7-5-16(6-8-17)22(30)25-14-18-9-10-21(34-18)35(32,33)26-19-4-3-13-28(23(19)31)15-20(29)27-11-1-2-12-27/h5-10,19,26H,1-4,11-15H2,(H,25,30). The van der Waals surface area contributed by atoms with Crippen LogP contribution in [0.5, 0.6) is 0 Å². The van der Waals surface area contributed by atoms with Crippen LogP contribution in [-0.2, 0) is 26.2 Å². The molecule has 2 saturated heterocycles. The lowest BCUT2D eigenvalue weighted by Gasteiger charge is -2.33. The molecule has 35 heavy (non-hydrogen) atoms. The Bertz CT molecular complexity index is 1190.